The van der Waals surface area contributed by atoms with Gasteiger partial charge in [0.1, 0.15) is 0 Å². The van der Waals surface area contributed by atoms with Crippen LogP contribution in [0.5, 0.6) is 0 Å². The van der Waals surface area contributed by atoms with Gasteiger partial charge in [0.25, 0.3) is 0 Å². The number of carbonyl (C=O) groups excluding carboxylic acids is 1. The number of carbonyl (C=O) groups is 1. The minimum Gasteiger partial charge on any atom is -0.350 e. The van der Waals surface area contributed by atoms with Crippen LogP contribution in [-0.2, 0) is 11.3 Å². The molecule has 0 unspecified atom stereocenters. The van der Waals surface area contributed by atoms with Crippen molar-refractivity contribution in [3.05, 3.63) is 29.6 Å². The largest absolute Gasteiger partial charge is 0.350 e. The molecule has 0 aliphatic heterocycles. The fourth-order valence-electron chi connectivity index (χ4n) is 1.21. The van der Waals surface area contributed by atoms with E-state index in [1.165, 1.54) is 0 Å². The lowest BCUT2D eigenvalue weighted by molar-refractivity contribution is -0.121. The third kappa shape index (κ3) is 4.56. The fourth-order valence-corrected chi connectivity index (χ4v) is 1.21. The zero-order valence-corrected chi connectivity index (χ0v) is 9.21. The lowest BCUT2D eigenvalue weighted by Crippen LogP contribution is -2.26. The van der Waals surface area contributed by atoms with Crippen LogP contribution in [0.25, 0.3) is 0 Å². The maximum atomic E-state index is 11.3. The molecule has 4 nitrogen and oxygen atoms in total. The van der Waals surface area contributed by atoms with Crippen LogP contribution in [0, 0.1) is 6.92 Å². The molecular formula is C11H17N3O. The number of aromatic nitrogens is 1. The maximum absolute atomic E-state index is 11.3. The molecule has 1 aromatic heterocycles. The van der Waals surface area contributed by atoms with E-state index in [0.29, 0.717) is 19.5 Å². The van der Waals surface area contributed by atoms with E-state index in [1.54, 1.807) is 0 Å². The zero-order chi connectivity index (χ0) is 11.1. The Morgan fingerprint density at radius 3 is 2.93 bits per heavy atom. The molecule has 1 aromatic rings. The van der Waals surface area contributed by atoms with E-state index in [-0.39, 0.29) is 5.91 Å². The van der Waals surface area contributed by atoms with Crippen molar-refractivity contribution in [3.8, 4) is 0 Å². The number of nitrogens with one attached hydrogen (secondary N) is 2. The van der Waals surface area contributed by atoms with Gasteiger partial charge < -0.3 is 10.6 Å². The van der Waals surface area contributed by atoms with Crippen molar-refractivity contribution in [2.45, 2.75) is 19.9 Å². The molecule has 0 aromatic carbocycles. The summed E-state index contributed by atoms with van der Waals surface area (Å²) in [5.74, 6) is 0.0488. The molecular weight excluding hydrogens is 190 g/mol. The van der Waals surface area contributed by atoms with Crippen LogP contribution >= 0.6 is 0 Å². The molecule has 0 fully saturated rings. The Morgan fingerprint density at radius 2 is 2.27 bits per heavy atom. The van der Waals surface area contributed by atoms with E-state index in [2.05, 4.69) is 15.6 Å². The van der Waals surface area contributed by atoms with Gasteiger partial charge >= 0.3 is 0 Å². The summed E-state index contributed by atoms with van der Waals surface area (Å²) < 4.78 is 0. The Balaban J connectivity index is 2.33. The molecule has 1 amide bonds. The molecule has 2 N–H and O–H groups in total. The summed E-state index contributed by atoms with van der Waals surface area (Å²) in [6.07, 6.45) is 0.502. The minimum absolute atomic E-state index is 0.0488. The molecule has 0 spiro atoms. The minimum atomic E-state index is 0.0488. The van der Waals surface area contributed by atoms with Crippen molar-refractivity contribution < 1.29 is 4.79 Å². The van der Waals surface area contributed by atoms with Crippen LogP contribution in [-0.4, -0.2) is 24.5 Å². The monoisotopic (exact) mass is 207 g/mol. The van der Waals surface area contributed by atoms with Gasteiger partial charge in [-0.15, -0.1) is 0 Å². The lowest BCUT2D eigenvalue weighted by atomic mass is 10.3. The number of aryl methyl sites for hydroxylation is 1. The van der Waals surface area contributed by atoms with Gasteiger partial charge in [0.05, 0.1) is 12.2 Å². The number of nitrogens with zero attached hydrogens (tertiary/aromatic N) is 1. The number of hydrogen-bond donors (Lipinski definition) is 2. The molecule has 0 saturated heterocycles. The van der Waals surface area contributed by atoms with Gasteiger partial charge in [-0.2, -0.15) is 0 Å². The molecule has 0 saturated carbocycles. The molecule has 1 rings (SSSR count). The number of amides is 1. The molecule has 15 heavy (non-hydrogen) atoms. The first kappa shape index (κ1) is 11.7. The predicted octanol–water partition coefficient (Wildman–Crippen LogP) is 0.616. The van der Waals surface area contributed by atoms with Crippen LogP contribution in [0.2, 0.25) is 0 Å². The molecule has 0 bridgehead atoms. The van der Waals surface area contributed by atoms with E-state index in [9.17, 15) is 4.79 Å². The second-order valence-electron chi connectivity index (χ2n) is 3.40. The van der Waals surface area contributed by atoms with E-state index >= 15 is 0 Å². The molecule has 1 heterocycles. The highest BCUT2D eigenvalue weighted by Gasteiger charge is 2.00. The summed E-state index contributed by atoms with van der Waals surface area (Å²) in [5.41, 5.74) is 1.87. The molecule has 0 aliphatic carbocycles. The van der Waals surface area contributed by atoms with Crippen molar-refractivity contribution in [3.63, 3.8) is 0 Å². The molecule has 4 heteroatoms. The van der Waals surface area contributed by atoms with Crippen LogP contribution in [0.3, 0.4) is 0 Å². The summed E-state index contributed by atoms with van der Waals surface area (Å²) in [6.45, 7) is 3.14. The second kappa shape index (κ2) is 6.14. The van der Waals surface area contributed by atoms with Gasteiger partial charge in [-0.25, -0.2) is 0 Å². The highest BCUT2D eigenvalue weighted by atomic mass is 16.1. The Kier molecular flexibility index (Phi) is 4.77. The number of rotatable bonds is 5. The third-order valence-corrected chi connectivity index (χ3v) is 2.01. The summed E-state index contributed by atoms with van der Waals surface area (Å²) in [7, 11) is 1.83. The van der Waals surface area contributed by atoms with E-state index < -0.39 is 0 Å². The molecule has 0 atom stereocenters. The summed E-state index contributed by atoms with van der Waals surface area (Å²) in [6, 6.07) is 5.79. The Morgan fingerprint density at radius 1 is 1.47 bits per heavy atom. The first-order valence-corrected chi connectivity index (χ1v) is 5.06. The van der Waals surface area contributed by atoms with Gasteiger partial charge in [-0.05, 0) is 26.1 Å². The SMILES string of the molecule is CNCCC(=O)NCc1cccc(C)n1. The van der Waals surface area contributed by atoms with Gasteiger partial charge in [-0.1, -0.05) is 6.07 Å². The highest BCUT2D eigenvalue weighted by Crippen LogP contribution is 1.97. The lowest BCUT2D eigenvalue weighted by Gasteiger charge is -2.04. The second-order valence-corrected chi connectivity index (χ2v) is 3.40. The summed E-state index contributed by atoms with van der Waals surface area (Å²) in [4.78, 5) is 15.6. The maximum Gasteiger partial charge on any atom is 0.221 e. The first-order chi connectivity index (χ1) is 7.22. The summed E-state index contributed by atoms with van der Waals surface area (Å²) in [5, 5.41) is 5.75. The Hall–Kier alpha value is -1.42. The average Bonchev–Trinajstić information content (AvgIpc) is 2.23. The van der Waals surface area contributed by atoms with Crippen molar-refractivity contribution in [1.82, 2.24) is 15.6 Å². The van der Waals surface area contributed by atoms with Crippen LogP contribution < -0.4 is 10.6 Å². The van der Waals surface area contributed by atoms with Crippen LogP contribution in [0.1, 0.15) is 17.8 Å². The normalized spacial score (nSPS) is 10.0. The average molecular weight is 207 g/mol. The quantitative estimate of drug-likeness (QED) is 0.744. The third-order valence-electron chi connectivity index (χ3n) is 2.01. The molecule has 82 valence electrons. The van der Waals surface area contributed by atoms with E-state index in [4.69, 9.17) is 0 Å². The summed E-state index contributed by atoms with van der Waals surface area (Å²) >= 11 is 0. The fraction of sp³-hybridized carbons (Fsp3) is 0.455. The zero-order valence-electron chi connectivity index (χ0n) is 9.21. The van der Waals surface area contributed by atoms with Crippen LogP contribution in [0.4, 0.5) is 0 Å². The molecule has 0 aliphatic rings. The van der Waals surface area contributed by atoms with E-state index in [1.807, 2.05) is 32.2 Å². The van der Waals surface area contributed by atoms with Gasteiger partial charge in [0.2, 0.25) is 5.91 Å². The first-order valence-electron chi connectivity index (χ1n) is 5.06. The van der Waals surface area contributed by atoms with E-state index in [0.717, 1.165) is 11.4 Å². The van der Waals surface area contributed by atoms with Gasteiger partial charge in [0.15, 0.2) is 0 Å². The van der Waals surface area contributed by atoms with Gasteiger partial charge in [-0.3, -0.25) is 9.78 Å². The van der Waals surface area contributed by atoms with Gasteiger partial charge in [0, 0.05) is 18.7 Å². The van der Waals surface area contributed by atoms with Crippen molar-refractivity contribution in [1.29, 1.82) is 0 Å². The smallest absolute Gasteiger partial charge is 0.221 e. The van der Waals surface area contributed by atoms with Crippen molar-refractivity contribution >= 4 is 5.91 Å². The van der Waals surface area contributed by atoms with Crippen LogP contribution in [0.15, 0.2) is 18.2 Å². The van der Waals surface area contributed by atoms with Crippen molar-refractivity contribution in [2.24, 2.45) is 0 Å². The topological polar surface area (TPSA) is 54.0 Å². The highest BCUT2D eigenvalue weighted by molar-refractivity contribution is 5.75. The molecule has 0 radical (unpaired) electrons. The Bertz CT molecular complexity index is 325. The number of hydrogen-bond acceptors (Lipinski definition) is 3. The number of pyridine rings is 1. The Labute approximate surface area is 90.1 Å². The van der Waals surface area contributed by atoms with Crippen molar-refractivity contribution in [2.75, 3.05) is 13.6 Å². The predicted molar refractivity (Wildman–Crippen MR) is 59.4 cm³/mol. The standard InChI is InChI=1S/C11H17N3O/c1-9-4-3-5-10(14-9)8-13-11(15)6-7-12-2/h3-5,12H,6-8H2,1-2H3,(H,13,15).